The molecule has 0 fully saturated rings. The van der Waals surface area contributed by atoms with Crippen LogP contribution in [0.5, 0.6) is 0 Å². The number of rotatable bonds is 2. The summed E-state index contributed by atoms with van der Waals surface area (Å²) >= 11 is 0. The Bertz CT molecular complexity index is 446. The van der Waals surface area contributed by atoms with E-state index in [1.54, 1.807) is 0 Å². The maximum absolute atomic E-state index is 5.36. The molecule has 0 N–H and O–H groups in total. The number of nitrogens with zero attached hydrogens (tertiary/aromatic N) is 3. The van der Waals surface area contributed by atoms with Crippen LogP contribution in [-0.2, 0) is 28.0 Å². The van der Waals surface area contributed by atoms with Crippen molar-refractivity contribution in [3.63, 3.8) is 0 Å². The fourth-order valence-electron chi connectivity index (χ4n) is 1.65. The molecule has 1 aromatic heterocycles. The molecule has 0 amide bonds. The third-order valence-electron chi connectivity index (χ3n) is 2.36. The number of hydrogen-bond donors (Lipinski definition) is 0. The number of ether oxygens (including phenoxy) is 2. The first kappa shape index (κ1) is 21.8. The third-order valence-corrected chi connectivity index (χ3v) is 2.36. The van der Waals surface area contributed by atoms with Crippen molar-refractivity contribution in [1.29, 1.82) is 0 Å². The summed E-state index contributed by atoms with van der Waals surface area (Å²) in [6.45, 7) is 2.69. The van der Waals surface area contributed by atoms with Gasteiger partial charge < -0.3 is 46.7 Å². The monoisotopic (exact) mass is 373 g/mol. The maximum atomic E-state index is 5.36. The molecule has 111 valence electrons. The number of hydrogen-bond acceptors (Lipinski definition) is 5. The molecule has 3 rings (SSSR count). The summed E-state index contributed by atoms with van der Waals surface area (Å²) in [5.74, 6) is 1.22. The number of aliphatic imine (C=N–C) groups is 2. The zero-order valence-electron chi connectivity index (χ0n) is 10.3. The van der Waals surface area contributed by atoms with E-state index in [1.807, 2.05) is 18.2 Å². The van der Waals surface area contributed by atoms with E-state index in [2.05, 4.69) is 15.0 Å². The fraction of sp³-hybridized carbons (Fsp3) is 0.364. The fourth-order valence-corrected chi connectivity index (χ4v) is 1.65. The van der Waals surface area contributed by atoms with Crippen LogP contribution in [0.3, 0.4) is 0 Å². The zero-order chi connectivity index (χ0) is 10.8. The summed E-state index contributed by atoms with van der Waals surface area (Å²) in [6.07, 6.45) is 0. The minimum atomic E-state index is 0. The second-order valence-electron chi connectivity index (χ2n) is 3.48. The molecule has 0 bridgehead atoms. The summed E-state index contributed by atoms with van der Waals surface area (Å²) in [5.41, 5.74) is 1.49. The third kappa shape index (κ3) is 4.83. The van der Waals surface area contributed by atoms with E-state index in [1.165, 1.54) is 0 Å². The van der Waals surface area contributed by atoms with E-state index in [0.717, 1.165) is 11.4 Å². The Labute approximate surface area is 147 Å². The Morgan fingerprint density at radius 2 is 1.25 bits per heavy atom. The summed E-state index contributed by atoms with van der Waals surface area (Å²) in [4.78, 5) is 12.9. The maximum Gasteiger partial charge on any atom is 0.235 e. The molecule has 0 spiro atoms. The van der Waals surface area contributed by atoms with Crippen molar-refractivity contribution in [3.05, 3.63) is 29.6 Å². The first-order valence-corrected chi connectivity index (χ1v) is 5.26. The molecular weight excluding hydrogens is 363 g/mol. The van der Waals surface area contributed by atoms with Crippen LogP contribution >= 0.6 is 0 Å². The molecule has 20 heavy (non-hydrogen) atoms. The smallest absolute Gasteiger partial charge is 0.235 e. The molecule has 0 aromatic carbocycles. The molecule has 0 aliphatic carbocycles. The van der Waals surface area contributed by atoms with Crippen LogP contribution in [0.1, 0.15) is 11.4 Å². The Morgan fingerprint density at radius 3 is 1.60 bits per heavy atom. The standard InChI is InChI=1S/C11H11N3O2.3ClH.V/c1-2-8(10-12-4-6-15-10)14-9(3-1)11-13-5-7-16-11;;;;/h1-3H,4-7H2;3*1H;/p-3. The van der Waals surface area contributed by atoms with Crippen molar-refractivity contribution in [2.24, 2.45) is 9.98 Å². The van der Waals surface area contributed by atoms with Crippen LogP contribution in [0.15, 0.2) is 28.2 Å². The molecule has 5 nitrogen and oxygen atoms in total. The minimum Gasteiger partial charge on any atom is -1.00 e. The summed E-state index contributed by atoms with van der Waals surface area (Å²) < 4.78 is 10.7. The van der Waals surface area contributed by atoms with Crippen molar-refractivity contribution in [2.45, 2.75) is 0 Å². The molecule has 2 aliphatic heterocycles. The van der Waals surface area contributed by atoms with Crippen molar-refractivity contribution >= 4 is 11.8 Å². The van der Waals surface area contributed by atoms with Gasteiger partial charge in [-0.05, 0) is 12.1 Å². The molecule has 1 aromatic rings. The van der Waals surface area contributed by atoms with Crippen molar-refractivity contribution < 1.29 is 65.3 Å². The number of pyridine rings is 1. The summed E-state index contributed by atoms with van der Waals surface area (Å²) in [6, 6.07) is 5.67. The van der Waals surface area contributed by atoms with E-state index < -0.39 is 0 Å². The molecule has 0 atom stereocenters. The van der Waals surface area contributed by atoms with Gasteiger partial charge in [0, 0.05) is 18.6 Å². The average Bonchev–Trinajstić information content (AvgIpc) is 3.03. The molecule has 3 heterocycles. The van der Waals surface area contributed by atoms with Gasteiger partial charge >= 0.3 is 0 Å². The second kappa shape index (κ2) is 10.3. The largest absolute Gasteiger partial charge is 1.00 e. The summed E-state index contributed by atoms with van der Waals surface area (Å²) in [7, 11) is 0. The van der Waals surface area contributed by atoms with Gasteiger partial charge in [0.05, 0.1) is 13.1 Å². The minimum absolute atomic E-state index is 0. The molecule has 9 heteroatoms. The Hall–Kier alpha value is -0.456. The van der Waals surface area contributed by atoms with Gasteiger partial charge in [-0.1, -0.05) is 6.07 Å². The quantitative estimate of drug-likeness (QED) is 0.517. The molecule has 0 saturated carbocycles. The van der Waals surface area contributed by atoms with Gasteiger partial charge in [-0.25, -0.2) is 15.0 Å². The van der Waals surface area contributed by atoms with E-state index in [9.17, 15) is 0 Å². The molecule has 0 unspecified atom stereocenters. The molecule has 1 radical (unpaired) electrons. The van der Waals surface area contributed by atoms with Crippen molar-refractivity contribution in [1.82, 2.24) is 4.98 Å². The molecule has 2 aliphatic rings. The number of halogens is 3. The van der Waals surface area contributed by atoms with E-state index in [0.29, 0.717) is 38.1 Å². The van der Waals surface area contributed by atoms with Gasteiger partial charge in [-0.3, -0.25) is 0 Å². The first-order chi connectivity index (χ1) is 7.93. The van der Waals surface area contributed by atoms with Crippen LogP contribution < -0.4 is 37.2 Å². The zero-order valence-corrected chi connectivity index (χ0v) is 14.0. The van der Waals surface area contributed by atoms with Crippen LogP contribution in [0, 0.1) is 0 Å². The predicted octanol–water partition coefficient (Wildman–Crippen LogP) is -8.36. The Balaban J connectivity index is 0. The topological polar surface area (TPSA) is 56.1 Å². The van der Waals surface area contributed by atoms with Crippen LogP contribution in [0.2, 0.25) is 0 Å². The molecule has 0 saturated heterocycles. The van der Waals surface area contributed by atoms with Crippen LogP contribution in [0.4, 0.5) is 0 Å². The second-order valence-corrected chi connectivity index (χ2v) is 3.48. The number of aromatic nitrogens is 1. The van der Waals surface area contributed by atoms with Crippen LogP contribution in [-0.4, -0.2) is 43.1 Å². The van der Waals surface area contributed by atoms with Gasteiger partial charge in [-0.15, -0.1) is 0 Å². The van der Waals surface area contributed by atoms with E-state index >= 15 is 0 Å². The van der Waals surface area contributed by atoms with Gasteiger partial charge in [0.15, 0.2) is 0 Å². The average molecular weight is 375 g/mol. The Morgan fingerprint density at radius 1 is 0.800 bits per heavy atom. The van der Waals surface area contributed by atoms with E-state index in [-0.39, 0.29) is 55.8 Å². The van der Waals surface area contributed by atoms with Crippen LogP contribution in [0.25, 0.3) is 0 Å². The van der Waals surface area contributed by atoms with Gasteiger partial charge in [0.25, 0.3) is 0 Å². The van der Waals surface area contributed by atoms with Crippen molar-refractivity contribution in [3.8, 4) is 0 Å². The van der Waals surface area contributed by atoms with Crippen molar-refractivity contribution in [2.75, 3.05) is 26.3 Å². The SMILES string of the molecule is [Cl-].[Cl-].[Cl-].[V].c1cc(C2=NCCO2)nc(C2=NCCO2)c1. The Kier molecular flexibility index (Phi) is 11.2. The predicted molar refractivity (Wildman–Crippen MR) is 58.9 cm³/mol. The summed E-state index contributed by atoms with van der Waals surface area (Å²) in [5, 5.41) is 0. The van der Waals surface area contributed by atoms with Gasteiger partial charge in [0.2, 0.25) is 11.8 Å². The normalized spacial score (nSPS) is 15.0. The molecular formula is C11H11Cl3N3O2V-3. The van der Waals surface area contributed by atoms with Gasteiger partial charge in [-0.2, -0.15) is 0 Å². The van der Waals surface area contributed by atoms with E-state index in [4.69, 9.17) is 9.47 Å². The van der Waals surface area contributed by atoms with Gasteiger partial charge in [0.1, 0.15) is 24.6 Å². The first-order valence-electron chi connectivity index (χ1n) is 5.26.